The predicted octanol–water partition coefficient (Wildman–Crippen LogP) is 3.46. The van der Waals surface area contributed by atoms with E-state index in [9.17, 15) is 8.42 Å². The van der Waals surface area contributed by atoms with Crippen LogP contribution in [-0.2, 0) is 14.8 Å². The quantitative estimate of drug-likeness (QED) is 0.803. The third kappa shape index (κ3) is 3.81. The van der Waals surface area contributed by atoms with Crippen molar-refractivity contribution in [2.45, 2.75) is 56.0 Å². The van der Waals surface area contributed by atoms with Gasteiger partial charge in [-0.2, -0.15) is 9.40 Å². The fourth-order valence-electron chi connectivity index (χ4n) is 4.05. The number of hydrogen-bond donors (Lipinski definition) is 0. The highest BCUT2D eigenvalue weighted by Gasteiger charge is 2.35. The lowest BCUT2D eigenvalue weighted by Gasteiger charge is -2.34. The van der Waals surface area contributed by atoms with E-state index in [1.54, 1.807) is 15.2 Å². The molecule has 4 rings (SSSR count). The van der Waals surface area contributed by atoms with Crippen molar-refractivity contribution < 1.29 is 13.2 Å². The molecule has 0 saturated carbocycles. The van der Waals surface area contributed by atoms with Crippen molar-refractivity contribution in [3.05, 3.63) is 47.8 Å². The van der Waals surface area contributed by atoms with Crippen LogP contribution in [0.1, 0.15) is 55.3 Å². The number of nitrogens with zero attached hydrogens (tertiary/aromatic N) is 3. The Hall–Kier alpha value is -1.70. The zero-order valence-corrected chi connectivity index (χ0v) is 16.6. The van der Waals surface area contributed by atoms with E-state index in [0.29, 0.717) is 24.7 Å². The SMILES string of the molecule is Cc1ccc(C2CCCCN2S(=O)(=O)c2cnn(C3CCOCC3)c2)cc1. The minimum absolute atomic E-state index is 0.101. The van der Waals surface area contributed by atoms with Gasteiger partial charge < -0.3 is 4.74 Å². The Bertz CT molecular complexity index is 870. The second-order valence-corrected chi connectivity index (χ2v) is 9.43. The molecule has 27 heavy (non-hydrogen) atoms. The number of aromatic nitrogens is 2. The molecule has 2 fully saturated rings. The third-order valence-electron chi connectivity index (χ3n) is 5.67. The summed E-state index contributed by atoms with van der Waals surface area (Å²) < 4.78 is 35.6. The Labute approximate surface area is 161 Å². The highest BCUT2D eigenvalue weighted by molar-refractivity contribution is 7.89. The average Bonchev–Trinajstić information content (AvgIpc) is 3.20. The van der Waals surface area contributed by atoms with Crippen LogP contribution in [0.4, 0.5) is 0 Å². The van der Waals surface area contributed by atoms with E-state index in [1.165, 1.54) is 11.8 Å². The van der Waals surface area contributed by atoms with Crippen molar-refractivity contribution in [2.75, 3.05) is 19.8 Å². The molecule has 6 nitrogen and oxygen atoms in total. The summed E-state index contributed by atoms with van der Waals surface area (Å²) in [5, 5.41) is 4.37. The molecule has 3 heterocycles. The molecule has 0 N–H and O–H groups in total. The Morgan fingerprint density at radius 3 is 2.56 bits per heavy atom. The van der Waals surface area contributed by atoms with Crippen LogP contribution in [0.5, 0.6) is 0 Å². The molecule has 1 atom stereocenters. The minimum Gasteiger partial charge on any atom is -0.381 e. The third-order valence-corrected chi connectivity index (χ3v) is 7.53. The zero-order chi connectivity index (χ0) is 18.9. The van der Waals surface area contributed by atoms with E-state index in [2.05, 4.69) is 29.4 Å². The number of piperidine rings is 1. The monoisotopic (exact) mass is 389 g/mol. The smallest absolute Gasteiger partial charge is 0.246 e. The summed E-state index contributed by atoms with van der Waals surface area (Å²) in [6.07, 6.45) is 7.75. The van der Waals surface area contributed by atoms with Gasteiger partial charge in [-0.15, -0.1) is 0 Å². The largest absolute Gasteiger partial charge is 0.381 e. The van der Waals surface area contributed by atoms with Crippen molar-refractivity contribution in [1.29, 1.82) is 0 Å². The van der Waals surface area contributed by atoms with Crippen molar-refractivity contribution in [3.8, 4) is 0 Å². The average molecular weight is 390 g/mol. The van der Waals surface area contributed by atoms with Crippen molar-refractivity contribution in [2.24, 2.45) is 0 Å². The summed E-state index contributed by atoms with van der Waals surface area (Å²) in [5.74, 6) is 0. The van der Waals surface area contributed by atoms with Gasteiger partial charge in [0.05, 0.1) is 18.3 Å². The maximum atomic E-state index is 13.4. The lowest BCUT2D eigenvalue weighted by molar-refractivity contribution is 0.0662. The molecule has 1 aromatic heterocycles. The van der Waals surface area contributed by atoms with Crippen LogP contribution in [0, 0.1) is 6.92 Å². The zero-order valence-electron chi connectivity index (χ0n) is 15.8. The van der Waals surface area contributed by atoms with Crippen molar-refractivity contribution in [3.63, 3.8) is 0 Å². The van der Waals surface area contributed by atoms with Gasteiger partial charge in [0, 0.05) is 26.0 Å². The van der Waals surface area contributed by atoms with E-state index in [4.69, 9.17) is 4.74 Å². The maximum absolute atomic E-state index is 13.4. The number of rotatable bonds is 4. The number of benzene rings is 1. The Balaban J connectivity index is 1.61. The van der Waals surface area contributed by atoms with Crippen LogP contribution in [0.15, 0.2) is 41.6 Å². The number of ether oxygens (including phenoxy) is 1. The molecule has 0 aliphatic carbocycles. The van der Waals surface area contributed by atoms with Gasteiger partial charge in [-0.3, -0.25) is 4.68 Å². The molecule has 146 valence electrons. The van der Waals surface area contributed by atoms with Crippen LogP contribution >= 0.6 is 0 Å². The first-order chi connectivity index (χ1) is 13.1. The first-order valence-corrected chi connectivity index (χ1v) is 11.2. The Kier molecular flexibility index (Phi) is 5.34. The summed E-state index contributed by atoms with van der Waals surface area (Å²) in [5.41, 5.74) is 2.25. The van der Waals surface area contributed by atoms with Gasteiger partial charge in [-0.1, -0.05) is 36.2 Å². The number of hydrogen-bond acceptors (Lipinski definition) is 4. The van der Waals surface area contributed by atoms with Gasteiger partial charge in [0.25, 0.3) is 0 Å². The molecule has 0 spiro atoms. The molecule has 2 aliphatic rings. The van der Waals surface area contributed by atoms with E-state index in [1.807, 2.05) is 6.92 Å². The summed E-state index contributed by atoms with van der Waals surface area (Å²) in [4.78, 5) is 0.299. The standard InChI is InChI=1S/C20H27N3O3S/c1-16-5-7-17(8-6-16)20-4-2-3-11-23(20)27(24,25)19-14-21-22(15-19)18-9-12-26-13-10-18/h5-8,14-15,18,20H,2-4,9-13H2,1H3. The molecule has 1 unspecified atom stereocenters. The van der Waals surface area contributed by atoms with Gasteiger partial charge in [-0.05, 0) is 38.2 Å². The molecule has 0 radical (unpaired) electrons. The van der Waals surface area contributed by atoms with Crippen molar-refractivity contribution >= 4 is 10.0 Å². The fraction of sp³-hybridized carbons (Fsp3) is 0.550. The molecular weight excluding hydrogens is 362 g/mol. The number of sulfonamides is 1. The van der Waals surface area contributed by atoms with Gasteiger partial charge in [0.1, 0.15) is 4.90 Å². The molecule has 2 aromatic rings. The molecule has 0 amide bonds. The molecule has 2 saturated heterocycles. The second kappa shape index (κ2) is 7.73. The van der Waals surface area contributed by atoms with Gasteiger partial charge in [0.15, 0.2) is 0 Å². The maximum Gasteiger partial charge on any atom is 0.246 e. The summed E-state index contributed by atoms with van der Waals surface area (Å²) in [6, 6.07) is 8.33. The molecule has 0 bridgehead atoms. The number of aryl methyl sites for hydroxylation is 1. The highest BCUT2D eigenvalue weighted by Crippen LogP contribution is 2.35. The summed E-state index contributed by atoms with van der Waals surface area (Å²) in [6.45, 7) is 4.01. The van der Waals surface area contributed by atoms with Crippen LogP contribution in [0.3, 0.4) is 0 Å². The molecule has 2 aliphatic heterocycles. The first kappa shape index (κ1) is 18.7. The van der Waals surface area contributed by atoms with Crippen molar-refractivity contribution in [1.82, 2.24) is 14.1 Å². The molecule has 1 aromatic carbocycles. The second-order valence-electron chi connectivity index (χ2n) is 7.54. The lowest BCUT2D eigenvalue weighted by atomic mass is 9.97. The predicted molar refractivity (Wildman–Crippen MR) is 103 cm³/mol. The summed E-state index contributed by atoms with van der Waals surface area (Å²) in [7, 11) is -3.57. The van der Waals surface area contributed by atoms with Gasteiger partial charge in [-0.25, -0.2) is 8.42 Å². The van der Waals surface area contributed by atoms with E-state index >= 15 is 0 Å². The lowest BCUT2D eigenvalue weighted by Crippen LogP contribution is -2.38. The van der Waals surface area contributed by atoms with E-state index in [0.717, 1.165) is 37.7 Å². The molecular formula is C20H27N3O3S. The van der Waals surface area contributed by atoms with Gasteiger partial charge >= 0.3 is 0 Å². The normalized spacial score (nSPS) is 22.8. The topological polar surface area (TPSA) is 64.4 Å². The highest BCUT2D eigenvalue weighted by atomic mass is 32.2. The first-order valence-electron chi connectivity index (χ1n) is 9.76. The minimum atomic E-state index is -3.57. The van der Waals surface area contributed by atoms with Crippen LogP contribution in [-0.4, -0.2) is 42.3 Å². The van der Waals surface area contributed by atoms with Gasteiger partial charge in [0.2, 0.25) is 10.0 Å². The molecule has 7 heteroatoms. The van der Waals surface area contributed by atoms with Crippen LogP contribution in [0.2, 0.25) is 0 Å². The summed E-state index contributed by atoms with van der Waals surface area (Å²) >= 11 is 0. The fourth-order valence-corrected chi connectivity index (χ4v) is 5.68. The Morgan fingerprint density at radius 2 is 1.81 bits per heavy atom. The van der Waals surface area contributed by atoms with E-state index < -0.39 is 10.0 Å². The van der Waals surface area contributed by atoms with Crippen LogP contribution in [0.25, 0.3) is 0 Å². The van der Waals surface area contributed by atoms with Crippen LogP contribution < -0.4 is 0 Å². The van der Waals surface area contributed by atoms with E-state index in [-0.39, 0.29) is 12.1 Å². The Morgan fingerprint density at radius 1 is 1.07 bits per heavy atom.